The van der Waals surface area contributed by atoms with Crippen molar-refractivity contribution in [1.29, 1.82) is 0 Å². The summed E-state index contributed by atoms with van der Waals surface area (Å²) in [5.74, 6) is -0.0736. The maximum absolute atomic E-state index is 12.3. The van der Waals surface area contributed by atoms with Gasteiger partial charge in [0.25, 0.3) is 5.91 Å². The summed E-state index contributed by atoms with van der Waals surface area (Å²) in [5, 5.41) is 0.509. The van der Waals surface area contributed by atoms with E-state index in [1.807, 2.05) is 6.92 Å². The number of nitrogens with zero attached hydrogens (tertiary/aromatic N) is 2. The molecule has 1 fully saturated rings. The third-order valence-electron chi connectivity index (χ3n) is 3.11. The molecule has 0 aromatic carbocycles. The zero-order valence-electron chi connectivity index (χ0n) is 10.7. The summed E-state index contributed by atoms with van der Waals surface area (Å²) in [6.45, 7) is 3.99. The van der Waals surface area contributed by atoms with Gasteiger partial charge >= 0.3 is 0 Å². The van der Waals surface area contributed by atoms with Crippen LogP contribution in [0.25, 0.3) is 0 Å². The summed E-state index contributed by atoms with van der Waals surface area (Å²) in [6, 6.07) is 1.56. The van der Waals surface area contributed by atoms with Crippen LogP contribution in [0.4, 0.5) is 0 Å². The fraction of sp³-hybridized carbons (Fsp3) is 0.538. The first-order valence-corrected chi connectivity index (χ1v) is 7.09. The number of amides is 1. The first-order valence-electron chi connectivity index (χ1n) is 6.33. The molecule has 1 aliphatic heterocycles. The highest BCUT2D eigenvalue weighted by atomic mass is 35.5. The Hall–Kier alpha value is -0.840. The molecule has 0 radical (unpaired) electrons. The minimum Gasteiger partial charge on any atom is -0.377 e. The van der Waals surface area contributed by atoms with Crippen molar-refractivity contribution in [2.24, 2.45) is 0 Å². The molecule has 2 heterocycles. The molecule has 1 aromatic heterocycles. The van der Waals surface area contributed by atoms with Gasteiger partial charge in [0.05, 0.1) is 16.7 Å². The van der Waals surface area contributed by atoms with E-state index in [4.69, 9.17) is 27.9 Å². The van der Waals surface area contributed by atoms with Crippen molar-refractivity contribution >= 4 is 29.1 Å². The van der Waals surface area contributed by atoms with Crippen LogP contribution in [0.15, 0.2) is 12.3 Å². The van der Waals surface area contributed by atoms with Crippen LogP contribution in [0.5, 0.6) is 0 Å². The molecule has 0 bridgehead atoms. The van der Waals surface area contributed by atoms with Crippen molar-refractivity contribution in [2.75, 3.05) is 19.7 Å². The van der Waals surface area contributed by atoms with Crippen molar-refractivity contribution in [2.45, 2.75) is 25.9 Å². The van der Waals surface area contributed by atoms with Gasteiger partial charge in [-0.15, -0.1) is 0 Å². The number of carbonyl (C=O) groups is 1. The van der Waals surface area contributed by atoms with Gasteiger partial charge in [-0.05, 0) is 25.8 Å². The van der Waals surface area contributed by atoms with Crippen molar-refractivity contribution in [1.82, 2.24) is 9.88 Å². The van der Waals surface area contributed by atoms with Crippen molar-refractivity contribution < 1.29 is 9.53 Å². The van der Waals surface area contributed by atoms with Crippen LogP contribution in [0.3, 0.4) is 0 Å². The van der Waals surface area contributed by atoms with E-state index >= 15 is 0 Å². The fourth-order valence-electron chi connectivity index (χ4n) is 2.22. The summed E-state index contributed by atoms with van der Waals surface area (Å²) in [5.41, 5.74) is 0.464. The SMILES string of the molecule is CCOC1CCCN(C(=O)c2cnc(Cl)c(Cl)c2)C1. The lowest BCUT2D eigenvalue weighted by Crippen LogP contribution is -2.43. The highest BCUT2D eigenvalue weighted by molar-refractivity contribution is 6.41. The number of hydrogen-bond acceptors (Lipinski definition) is 3. The second kappa shape index (κ2) is 6.55. The van der Waals surface area contributed by atoms with E-state index < -0.39 is 0 Å². The van der Waals surface area contributed by atoms with E-state index in [1.165, 1.54) is 6.20 Å². The van der Waals surface area contributed by atoms with Crippen LogP contribution >= 0.6 is 23.2 Å². The molecule has 0 spiro atoms. The standard InChI is InChI=1S/C13H16Cl2N2O2/c1-2-19-10-4-3-5-17(8-10)13(18)9-6-11(14)12(15)16-7-9/h6-7,10H,2-5,8H2,1H3. The van der Waals surface area contributed by atoms with Crippen LogP contribution < -0.4 is 0 Å². The zero-order valence-corrected chi connectivity index (χ0v) is 12.2. The summed E-state index contributed by atoms with van der Waals surface area (Å²) in [6.07, 6.45) is 3.53. The molecule has 1 aliphatic rings. The molecule has 0 saturated carbocycles. The van der Waals surface area contributed by atoms with E-state index in [2.05, 4.69) is 4.98 Å². The van der Waals surface area contributed by atoms with Gasteiger partial charge in [0.1, 0.15) is 5.15 Å². The Morgan fingerprint density at radius 1 is 1.58 bits per heavy atom. The molecule has 2 rings (SSSR count). The summed E-state index contributed by atoms with van der Waals surface area (Å²) in [4.78, 5) is 18.0. The number of likely N-dealkylation sites (tertiary alicyclic amines) is 1. The maximum Gasteiger partial charge on any atom is 0.255 e. The van der Waals surface area contributed by atoms with Crippen molar-refractivity contribution in [3.63, 3.8) is 0 Å². The van der Waals surface area contributed by atoms with E-state index in [0.29, 0.717) is 23.7 Å². The van der Waals surface area contributed by atoms with Crippen molar-refractivity contribution in [3.05, 3.63) is 28.0 Å². The molecule has 6 heteroatoms. The largest absolute Gasteiger partial charge is 0.377 e. The Bertz CT molecular complexity index is 466. The average molecular weight is 303 g/mol. The molecule has 1 aromatic rings. The number of halogens is 2. The highest BCUT2D eigenvalue weighted by Crippen LogP contribution is 2.22. The molecule has 1 amide bonds. The van der Waals surface area contributed by atoms with Crippen LogP contribution in [0.2, 0.25) is 10.2 Å². The Morgan fingerprint density at radius 2 is 2.37 bits per heavy atom. The van der Waals surface area contributed by atoms with Gasteiger partial charge < -0.3 is 9.64 Å². The Balaban J connectivity index is 2.08. The number of pyridine rings is 1. The van der Waals surface area contributed by atoms with Gasteiger partial charge in [-0.2, -0.15) is 0 Å². The minimum atomic E-state index is -0.0736. The Kier molecular flexibility index (Phi) is 5.02. The molecular formula is C13H16Cl2N2O2. The van der Waals surface area contributed by atoms with Gasteiger partial charge in [-0.3, -0.25) is 4.79 Å². The first kappa shape index (κ1) is 14.6. The summed E-state index contributed by atoms with van der Waals surface area (Å²) >= 11 is 11.6. The number of carbonyl (C=O) groups excluding carboxylic acids is 1. The zero-order chi connectivity index (χ0) is 13.8. The lowest BCUT2D eigenvalue weighted by Gasteiger charge is -2.32. The number of aromatic nitrogens is 1. The van der Waals surface area contributed by atoms with Gasteiger partial charge in [-0.1, -0.05) is 23.2 Å². The minimum absolute atomic E-state index is 0.0736. The van der Waals surface area contributed by atoms with Crippen LogP contribution in [-0.2, 0) is 4.74 Å². The van der Waals surface area contributed by atoms with E-state index in [1.54, 1.807) is 11.0 Å². The molecule has 104 valence electrons. The third kappa shape index (κ3) is 3.59. The van der Waals surface area contributed by atoms with Gasteiger partial charge in [0.2, 0.25) is 0 Å². The van der Waals surface area contributed by atoms with Crippen LogP contribution in [-0.4, -0.2) is 41.6 Å². The molecule has 0 aliphatic carbocycles. The predicted octanol–water partition coefficient (Wildman–Crippen LogP) is 3.03. The monoisotopic (exact) mass is 302 g/mol. The molecule has 19 heavy (non-hydrogen) atoms. The summed E-state index contributed by atoms with van der Waals surface area (Å²) in [7, 11) is 0. The van der Waals surface area contributed by atoms with Crippen molar-refractivity contribution in [3.8, 4) is 0 Å². The predicted molar refractivity (Wildman–Crippen MR) is 74.8 cm³/mol. The fourth-order valence-corrected chi connectivity index (χ4v) is 2.48. The molecule has 1 unspecified atom stereocenters. The Morgan fingerprint density at radius 3 is 3.05 bits per heavy atom. The third-order valence-corrected chi connectivity index (χ3v) is 3.80. The van der Waals surface area contributed by atoms with Gasteiger partial charge in [-0.25, -0.2) is 4.98 Å². The quantitative estimate of drug-likeness (QED) is 0.806. The molecule has 0 N–H and O–H groups in total. The van der Waals surface area contributed by atoms with E-state index in [0.717, 1.165) is 19.4 Å². The average Bonchev–Trinajstić information content (AvgIpc) is 2.42. The normalized spacial score (nSPS) is 19.5. The number of ether oxygens (including phenoxy) is 1. The van der Waals surface area contributed by atoms with Crippen LogP contribution in [0, 0.1) is 0 Å². The molecule has 1 atom stereocenters. The van der Waals surface area contributed by atoms with E-state index in [-0.39, 0.29) is 17.2 Å². The lowest BCUT2D eigenvalue weighted by molar-refractivity contribution is 0.00723. The molecular weight excluding hydrogens is 287 g/mol. The second-order valence-corrected chi connectivity index (χ2v) is 5.23. The summed E-state index contributed by atoms with van der Waals surface area (Å²) < 4.78 is 5.59. The molecule has 4 nitrogen and oxygen atoms in total. The topological polar surface area (TPSA) is 42.4 Å². The van der Waals surface area contributed by atoms with Gasteiger partial charge in [0.15, 0.2) is 0 Å². The smallest absolute Gasteiger partial charge is 0.255 e. The first-order chi connectivity index (χ1) is 9.11. The molecule has 1 saturated heterocycles. The maximum atomic E-state index is 12.3. The Labute approximate surface area is 122 Å². The van der Waals surface area contributed by atoms with Gasteiger partial charge in [0, 0.05) is 25.9 Å². The highest BCUT2D eigenvalue weighted by Gasteiger charge is 2.25. The lowest BCUT2D eigenvalue weighted by atomic mass is 10.1. The van der Waals surface area contributed by atoms with Crippen LogP contribution in [0.1, 0.15) is 30.1 Å². The number of piperidine rings is 1. The number of hydrogen-bond donors (Lipinski definition) is 0. The number of rotatable bonds is 3. The second-order valence-electron chi connectivity index (χ2n) is 4.47. The van der Waals surface area contributed by atoms with E-state index in [9.17, 15) is 4.79 Å².